The van der Waals surface area contributed by atoms with Crippen molar-refractivity contribution in [1.29, 1.82) is 0 Å². The zero-order chi connectivity index (χ0) is 21.6. The fraction of sp³-hybridized carbons (Fsp3) is 0.286. The van der Waals surface area contributed by atoms with Crippen molar-refractivity contribution in [2.45, 2.75) is 0 Å². The predicted octanol–water partition coefficient (Wildman–Crippen LogP) is 3.34. The SMILES string of the molecule is COc1cc(C=CC(=O)c2c(OC)ccc(OC)c2OC)c(O)c(OC)c1OC. The molecule has 0 bridgehead atoms. The number of phenols is 1. The number of benzene rings is 2. The lowest BCUT2D eigenvalue weighted by molar-refractivity contribution is 0.104. The molecule has 0 amide bonds. The summed E-state index contributed by atoms with van der Waals surface area (Å²) in [6.45, 7) is 0. The first-order chi connectivity index (χ1) is 14.0. The van der Waals surface area contributed by atoms with Crippen molar-refractivity contribution in [1.82, 2.24) is 0 Å². The quantitative estimate of drug-likeness (QED) is 0.503. The van der Waals surface area contributed by atoms with Crippen molar-refractivity contribution < 1.29 is 38.3 Å². The van der Waals surface area contributed by atoms with Crippen LogP contribution in [0, 0.1) is 0 Å². The van der Waals surface area contributed by atoms with Gasteiger partial charge in [0.1, 0.15) is 11.3 Å². The van der Waals surface area contributed by atoms with Gasteiger partial charge in [-0.25, -0.2) is 0 Å². The first kappa shape index (κ1) is 21.7. The molecule has 0 unspecified atom stereocenters. The highest BCUT2D eigenvalue weighted by Crippen LogP contribution is 2.46. The smallest absolute Gasteiger partial charge is 0.207 e. The van der Waals surface area contributed by atoms with Crippen LogP contribution < -0.4 is 28.4 Å². The predicted molar refractivity (Wildman–Crippen MR) is 107 cm³/mol. The maximum atomic E-state index is 12.9. The van der Waals surface area contributed by atoms with Crippen LogP contribution in [0.3, 0.4) is 0 Å². The van der Waals surface area contributed by atoms with Crippen molar-refractivity contribution in [2.75, 3.05) is 42.7 Å². The molecule has 0 heterocycles. The number of carbonyl (C=O) groups excluding carboxylic acids is 1. The summed E-state index contributed by atoms with van der Waals surface area (Å²) >= 11 is 0. The lowest BCUT2D eigenvalue weighted by atomic mass is 10.0. The van der Waals surface area contributed by atoms with E-state index in [2.05, 4.69) is 0 Å². The summed E-state index contributed by atoms with van der Waals surface area (Å²) in [7, 11) is 8.64. The van der Waals surface area contributed by atoms with E-state index in [0.29, 0.717) is 22.8 Å². The van der Waals surface area contributed by atoms with Gasteiger partial charge in [0.2, 0.25) is 11.5 Å². The lowest BCUT2D eigenvalue weighted by Crippen LogP contribution is -2.04. The maximum absolute atomic E-state index is 12.9. The average Bonchev–Trinajstić information content (AvgIpc) is 2.76. The molecule has 0 saturated heterocycles. The number of hydrogen-bond acceptors (Lipinski definition) is 8. The molecule has 2 aromatic carbocycles. The molecule has 0 aliphatic carbocycles. The zero-order valence-corrected chi connectivity index (χ0v) is 17.2. The lowest BCUT2D eigenvalue weighted by Gasteiger charge is -2.15. The molecule has 29 heavy (non-hydrogen) atoms. The number of aromatic hydroxyl groups is 1. The highest BCUT2D eigenvalue weighted by Gasteiger charge is 2.22. The topological polar surface area (TPSA) is 92.7 Å². The van der Waals surface area contributed by atoms with Gasteiger partial charge in [-0.15, -0.1) is 0 Å². The van der Waals surface area contributed by atoms with Crippen molar-refractivity contribution in [3.05, 3.63) is 35.4 Å². The molecule has 0 fully saturated rings. The van der Waals surface area contributed by atoms with Gasteiger partial charge in [0, 0.05) is 5.56 Å². The molecule has 0 aliphatic heterocycles. The number of ketones is 1. The Morgan fingerprint density at radius 2 is 1.31 bits per heavy atom. The third-order valence-corrected chi connectivity index (χ3v) is 4.22. The zero-order valence-electron chi connectivity index (χ0n) is 17.2. The van der Waals surface area contributed by atoms with Crippen LogP contribution in [0.4, 0.5) is 0 Å². The van der Waals surface area contributed by atoms with E-state index in [1.54, 1.807) is 12.1 Å². The van der Waals surface area contributed by atoms with E-state index >= 15 is 0 Å². The fourth-order valence-corrected chi connectivity index (χ4v) is 2.85. The van der Waals surface area contributed by atoms with Gasteiger partial charge in [-0.2, -0.15) is 0 Å². The molecule has 156 valence electrons. The third kappa shape index (κ3) is 4.16. The summed E-state index contributed by atoms with van der Waals surface area (Å²) in [6.07, 6.45) is 2.71. The Balaban J connectivity index is 2.55. The third-order valence-electron chi connectivity index (χ3n) is 4.22. The second kappa shape index (κ2) is 9.59. The minimum absolute atomic E-state index is 0.0930. The Morgan fingerprint density at radius 3 is 1.83 bits per heavy atom. The van der Waals surface area contributed by atoms with Gasteiger partial charge >= 0.3 is 0 Å². The summed E-state index contributed by atoms with van der Waals surface area (Å²) in [5, 5.41) is 10.5. The normalized spacial score (nSPS) is 10.6. The Hall–Kier alpha value is -3.55. The number of rotatable bonds is 9. The molecule has 0 atom stereocenters. The molecule has 0 aromatic heterocycles. The van der Waals surface area contributed by atoms with Gasteiger partial charge in [-0.1, -0.05) is 0 Å². The minimum Gasteiger partial charge on any atom is -0.504 e. The van der Waals surface area contributed by atoms with Gasteiger partial charge in [-0.05, 0) is 30.4 Å². The van der Waals surface area contributed by atoms with Crippen LogP contribution >= 0.6 is 0 Å². The van der Waals surface area contributed by atoms with Crippen molar-refractivity contribution in [3.63, 3.8) is 0 Å². The Labute approximate surface area is 169 Å². The Morgan fingerprint density at radius 1 is 0.759 bits per heavy atom. The largest absolute Gasteiger partial charge is 0.504 e. The van der Waals surface area contributed by atoms with Crippen LogP contribution in [0.5, 0.6) is 40.2 Å². The first-order valence-electron chi connectivity index (χ1n) is 8.50. The molecule has 0 spiro atoms. The van der Waals surface area contributed by atoms with E-state index in [4.69, 9.17) is 28.4 Å². The highest BCUT2D eigenvalue weighted by atomic mass is 16.5. The number of carbonyl (C=O) groups is 1. The number of methoxy groups -OCH3 is 6. The maximum Gasteiger partial charge on any atom is 0.207 e. The second-order valence-corrected chi connectivity index (χ2v) is 5.66. The number of allylic oxidation sites excluding steroid dienone is 1. The number of ether oxygens (including phenoxy) is 6. The van der Waals surface area contributed by atoms with E-state index in [1.807, 2.05) is 0 Å². The summed E-state index contributed by atoms with van der Waals surface area (Å²) in [5.74, 6) is 1.03. The molecule has 0 aliphatic rings. The number of hydrogen-bond donors (Lipinski definition) is 1. The summed E-state index contributed by atoms with van der Waals surface area (Å²) in [6, 6.07) is 4.78. The minimum atomic E-state index is -0.411. The van der Waals surface area contributed by atoms with Crippen molar-refractivity contribution in [3.8, 4) is 40.2 Å². The average molecular weight is 404 g/mol. The summed E-state index contributed by atoms with van der Waals surface area (Å²) in [5.41, 5.74) is 0.492. The van der Waals surface area contributed by atoms with E-state index in [-0.39, 0.29) is 28.6 Å². The second-order valence-electron chi connectivity index (χ2n) is 5.66. The van der Waals surface area contributed by atoms with Crippen LogP contribution in [0.25, 0.3) is 6.08 Å². The Kier molecular flexibility index (Phi) is 7.19. The standard InChI is InChI=1S/C21H24O8/c1-24-14-9-10-15(25-2)19(27-4)17(14)13(22)8-7-12-11-16(26-3)20(28-5)21(29-6)18(12)23/h7-11,23H,1-6H3. The summed E-state index contributed by atoms with van der Waals surface area (Å²) < 4.78 is 31.6. The van der Waals surface area contributed by atoms with Crippen molar-refractivity contribution >= 4 is 11.9 Å². The van der Waals surface area contributed by atoms with Crippen LogP contribution in [0.1, 0.15) is 15.9 Å². The molecule has 0 radical (unpaired) electrons. The van der Waals surface area contributed by atoms with Crippen LogP contribution in [0.2, 0.25) is 0 Å². The van der Waals surface area contributed by atoms with Crippen molar-refractivity contribution in [2.24, 2.45) is 0 Å². The summed E-state index contributed by atoms with van der Waals surface area (Å²) in [4.78, 5) is 12.9. The van der Waals surface area contributed by atoms with Gasteiger partial charge in [0.05, 0.1) is 42.7 Å². The van der Waals surface area contributed by atoms with E-state index in [1.165, 1.54) is 60.9 Å². The van der Waals surface area contributed by atoms with E-state index in [0.717, 1.165) is 0 Å². The molecule has 2 rings (SSSR count). The first-order valence-corrected chi connectivity index (χ1v) is 8.50. The molecule has 2 aromatic rings. The molecular weight excluding hydrogens is 380 g/mol. The van der Waals surface area contributed by atoms with Crippen LogP contribution in [-0.2, 0) is 0 Å². The Bertz CT molecular complexity index is 918. The van der Waals surface area contributed by atoms with Crippen LogP contribution in [0.15, 0.2) is 24.3 Å². The van der Waals surface area contributed by atoms with E-state index < -0.39 is 5.78 Å². The molecular formula is C21H24O8. The molecule has 8 nitrogen and oxygen atoms in total. The van der Waals surface area contributed by atoms with E-state index in [9.17, 15) is 9.90 Å². The molecule has 1 N–H and O–H groups in total. The van der Waals surface area contributed by atoms with Gasteiger partial charge in [-0.3, -0.25) is 4.79 Å². The van der Waals surface area contributed by atoms with Crippen LogP contribution in [-0.4, -0.2) is 53.5 Å². The fourth-order valence-electron chi connectivity index (χ4n) is 2.85. The molecule has 8 heteroatoms. The van der Waals surface area contributed by atoms with Gasteiger partial charge in [0.25, 0.3) is 0 Å². The monoisotopic (exact) mass is 404 g/mol. The van der Waals surface area contributed by atoms with Gasteiger partial charge < -0.3 is 33.5 Å². The number of phenolic OH excluding ortho intramolecular Hbond substituents is 1. The molecule has 0 saturated carbocycles. The highest BCUT2D eigenvalue weighted by molar-refractivity contribution is 6.11. The van der Waals surface area contributed by atoms with Gasteiger partial charge in [0.15, 0.2) is 28.8 Å².